The fourth-order valence-electron chi connectivity index (χ4n) is 4.97. The molecule has 0 radical (unpaired) electrons. The summed E-state index contributed by atoms with van der Waals surface area (Å²) < 4.78 is 5.53. The first-order valence-corrected chi connectivity index (χ1v) is 11.8. The molecule has 2 aliphatic heterocycles. The minimum absolute atomic E-state index is 0.122. The number of anilines is 2. The lowest BCUT2D eigenvalue weighted by Gasteiger charge is -2.17. The van der Waals surface area contributed by atoms with Crippen LogP contribution in [0.5, 0.6) is 5.75 Å². The van der Waals surface area contributed by atoms with Crippen molar-refractivity contribution in [1.29, 1.82) is 0 Å². The largest absolute Gasteiger partial charge is 0.493 e. The summed E-state index contributed by atoms with van der Waals surface area (Å²) in [6, 6.07) is 8.27. The number of halogens is 1. The van der Waals surface area contributed by atoms with Gasteiger partial charge in [-0.1, -0.05) is 29.5 Å². The third-order valence-corrected chi connectivity index (χ3v) is 7.04. The molecule has 3 aromatic rings. The molecule has 7 nitrogen and oxygen atoms in total. The fraction of sp³-hybridized carbons (Fsp3) is 0.308. The number of para-hydroxylation sites is 1. The number of aromatic amines is 1. The predicted octanol–water partition coefficient (Wildman–Crippen LogP) is 3.87. The van der Waals surface area contributed by atoms with Crippen LogP contribution in [-0.4, -0.2) is 41.6 Å². The number of piperidine rings is 1. The van der Waals surface area contributed by atoms with Gasteiger partial charge in [0.05, 0.1) is 46.4 Å². The van der Waals surface area contributed by atoms with Crippen molar-refractivity contribution in [2.45, 2.75) is 31.3 Å². The second kappa shape index (κ2) is 8.39. The molecule has 2 fully saturated rings. The Morgan fingerprint density at radius 2 is 2.18 bits per heavy atom. The quantitative estimate of drug-likeness (QED) is 0.432. The van der Waals surface area contributed by atoms with Gasteiger partial charge < -0.3 is 25.7 Å². The summed E-state index contributed by atoms with van der Waals surface area (Å²) in [4.78, 5) is 20.7. The normalized spacial score (nSPS) is 22.2. The van der Waals surface area contributed by atoms with Gasteiger partial charge in [-0.3, -0.25) is 9.78 Å². The van der Waals surface area contributed by atoms with Gasteiger partial charge in [-0.15, -0.1) is 0 Å². The summed E-state index contributed by atoms with van der Waals surface area (Å²) in [5, 5.41) is 10.4. The van der Waals surface area contributed by atoms with E-state index in [1.54, 1.807) is 25.6 Å². The SMILES string of the molecule is COc1c(Cl)cccc1Nc1c(-c2ccncc2C#C[C@@H]2C[C@@H]3C[C@@H]3N2)[nH]c2c1C(=O)NCC2. The third-order valence-electron chi connectivity index (χ3n) is 6.74. The predicted molar refractivity (Wildman–Crippen MR) is 132 cm³/mol. The lowest BCUT2D eigenvalue weighted by atomic mass is 10.0. The van der Waals surface area contributed by atoms with E-state index < -0.39 is 0 Å². The zero-order valence-electron chi connectivity index (χ0n) is 18.7. The van der Waals surface area contributed by atoms with E-state index in [-0.39, 0.29) is 11.9 Å². The van der Waals surface area contributed by atoms with Gasteiger partial charge in [0.15, 0.2) is 5.75 Å². The molecule has 3 aliphatic rings. The van der Waals surface area contributed by atoms with Crippen molar-refractivity contribution in [3.05, 3.63) is 58.5 Å². The van der Waals surface area contributed by atoms with Crippen LogP contribution in [0.15, 0.2) is 36.7 Å². The standard InChI is InChI=1S/C26H24ClN5O2/c1-34-25-18(27)3-2-4-20(25)32-24-22-19(8-10-29-26(22)33)31-23(24)17-7-9-28-13-14(17)5-6-16-11-15-12-21(15)30-16/h2-4,7,9,13,15-16,21,30-32H,8,10-12H2,1H3,(H,29,33)/t15-,16-,21+/m1/s1. The number of nitrogens with one attached hydrogen (secondary N) is 4. The van der Waals surface area contributed by atoms with Crippen LogP contribution < -0.4 is 20.7 Å². The molecule has 8 heteroatoms. The number of ether oxygens (including phenoxy) is 1. The van der Waals surface area contributed by atoms with Crippen molar-refractivity contribution < 1.29 is 9.53 Å². The first-order chi connectivity index (χ1) is 16.6. The van der Waals surface area contributed by atoms with Crippen molar-refractivity contribution in [1.82, 2.24) is 20.6 Å². The Kier molecular flexibility index (Phi) is 5.20. The van der Waals surface area contributed by atoms with E-state index >= 15 is 0 Å². The molecule has 1 aliphatic carbocycles. The maximum Gasteiger partial charge on any atom is 0.255 e. The Labute approximate surface area is 202 Å². The highest BCUT2D eigenvalue weighted by molar-refractivity contribution is 6.32. The number of H-pyrrole nitrogens is 1. The number of aromatic nitrogens is 2. The Bertz CT molecular complexity index is 1340. The number of nitrogens with zero attached hydrogens (tertiary/aromatic N) is 1. The van der Waals surface area contributed by atoms with Crippen LogP contribution in [0.2, 0.25) is 5.02 Å². The zero-order chi connectivity index (χ0) is 23.2. The summed E-state index contributed by atoms with van der Waals surface area (Å²) in [6.45, 7) is 0.588. The first kappa shape index (κ1) is 21.1. The Balaban J connectivity index is 1.45. The van der Waals surface area contributed by atoms with Gasteiger partial charge in [-0.2, -0.15) is 0 Å². The molecule has 1 saturated heterocycles. The number of methoxy groups -OCH3 is 1. The Morgan fingerprint density at radius 3 is 3.00 bits per heavy atom. The van der Waals surface area contributed by atoms with Crippen LogP contribution in [0.1, 0.15) is 34.5 Å². The van der Waals surface area contributed by atoms with Gasteiger partial charge in [0.25, 0.3) is 5.91 Å². The van der Waals surface area contributed by atoms with Crippen molar-refractivity contribution in [3.8, 4) is 28.8 Å². The highest BCUT2D eigenvalue weighted by Gasteiger charge is 2.45. The van der Waals surface area contributed by atoms with E-state index in [0.29, 0.717) is 46.7 Å². The van der Waals surface area contributed by atoms with E-state index in [4.69, 9.17) is 16.3 Å². The maximum atomic E-state index is 12.9. The number of carbonyl (C=O) groups is 1. The number of pyridine rings is 1. The number of fused-ring (bicyclic) bond motifs is 2. The van der Waals surface area contributed by atoms with Gasteiger partial charge in [0.1, 0.15) is 0 Å². The summed E-state index contributed by atoms with van der Waals surface area (Å²) >= 11 is 6.36. The van der Waals surface area contributed by atoms with Crippen molar-refractivity contribution in [2.75, 3.05) is 19.0 Å². The highest BCUT2D eigenvalue weighted by atomic mass is 35.5. The van der Waals surface area contributed by atoms with Crippen molar-refractivity contribution >= 4 is 28.9 Å². The number of hydrogen-bond acceptors (Lipinski definition) is 5. The topological polar surface area (TPSA) is 91.1 Å². The molecule has 1 saturated carbocycles. The van der Waals surface area contributed by atoms with Crippen LogP contribution in [0.4, 0.5) is 11.4 Å². The third kappa shape index (κ3) is 3.69. The molecule has 0 spiro atoms. The lowest BCUT2D eigenvalue weighted by molar-refractivity contribution is 0.0947. The molecule has 1 amide bonds. The van der Waals surface area contributed by atoms with Gasteiger partial charge in [-0.05, 0) is 37.0 Å². The van der Waals surface area contributed by atoms with Gasteiger partial charge in [0, 0.05) is 42.7 Å². The molecular weight excluding hydrogens is 450 g/mol. The molecule has 2 aromatic heterocycles. The first-order valence-electron chi connectivity index (χ1n) is 11.5. The molecule has 0 bridgehead atoms. The average molecular weight is 474 g/mol. The van der Waals surface area contributed by atoms with Crippen LogP contribution in [-0.2, 0) is 6.42 Å². The average Bonchev–Trinajstić information content (AvgIpc) is 3.28. The minimum atomic E-state index is -0.122. The molecule has 4 N–H and O–H groups in total. The van der Waals surface area contributed by atoms with Gasteiger partial charge in [0.2, 0.25) is 0 Å². The number of hydrogen-bond donors (Lipinski definition) is 4. The monoisotopic (exact) mass is 473 g/mol. The van der Waals surface area contributed by atoms with Gasteiger partial charge in [-0.25, -0.2) is 0 Å². The molecular formula is C26H24ClN5O2. The van der Waals surface area contributed by atoms with Crippen LogP contribution in [0.25, 0.3) is 11.3 Å². The van der Waals surface area contributed by atoms with E-state index in [1.807, 2.05) is 18.2 Å². The van der Waals surface area contributed by atoms with E-state index in [9.17, 15) is 4.79 Å². The van der Waals surface area contributed by atoms with Crippen LogP contribution in [0, 0.1) is 17.8 Å². The van der Waals surface area contributed by atoms with Gasteiger partial charge >= 0.3 is 0 Å². The van der Waals surface area contributed by atoms with Crippen LogP contribution >= 0.6 is 11.6 Å². The summed E-state index contributed by atoms with van der Waals surface area (Å²) in [5.74, 6) is 7.90. The van der Waals surface area contributed by atoms with E-state index in [2.05, 4.69) is 37.8 Å². The molecule has 4 heterocycles. The van der Waals surface area contributed by atoms with E-state index in [1.165, 1.54) is 6.42 Å². The molecule has 172 valence electrons. The number of benzene rings is 1. The summed E-state index contributed by atoms with van der Waals surface area (Å²) in [6.07, 6.45) is 6.61. The lowest BCUT2D eigenvalue weighted by Crippen LogP contribution is -2.31. The highest BCUT2D eigenvalue weighted by Crippen LogP contribution is 2.42. The van der Waals surface area contributed by atoms with Crippen molar-refractivity contribution in [3.63, 3.8) is 0 Å². The molecule has 0 unspecified atom stereocenters. The second-order valence-electron chi connectivity index (χ2n) is 8.93. The Morgan fingerprint density at radius 1 is 1.26 bits per heavy atom. The molecule has 34 heavy (non-hydrogen) atoms. The van der Waals surface area contributed by atoms with Crippen LogP contribution in [0.3, 0.4) is 0 Å². The zero-order valence-corrected chi connectivity index (χ0v) is 19.4. The molecule has 3 atom stereocenters. The minimum Gasteiger partial charge on any atom is -0.493 e. The smallest absolute Gasteiger partial charge is 0.255 e. The number of amides is 1. The molecule has 1 aromatic carbocycles. The summed E-state index contributed by atoms with van der Waals surface area (Å²) in [7, 11) is 1.57. The second-order valence-corrected chi connectivity index (χ2v) is 9.34. The van der Waals surface area contributed by atoms with Crippen molar-refractivity contribution in [2.24, 2.45) is 5.92 Å². The number of rotatable bonds is 4. The number of carbonyl (C=O) groups excluding carboxylic acids is 1. The van der Waals surface area contributed by atoms with E-state index in [0.717, 1.165) is 34.9 Å². The Hall–Kier alpha value is -3.47. The summed E-state index contributed by atoms with van der Waals surface area (Å²) in [5.41, 5.74) is 5.31. The molecule has 6 rings (SSSR count). The maximum absolute atomic E-state index is 12.9. The fourth-order valence-corrected chi connectivity index (χ4v) is 5.23.